The lowest BCUT2D eigenvalue weighted by Gasteiger charge is -2.37. The van der Waals surface area contributed by atoms with Crippen LogP contribution in [0.25, 0.3) is 0 Å². The van der Waals surface area contributed by atoms with E-state index >= 15 is 0 Å². The Morgan fingerprint density at radius 2 is 1.83 bits per heavy atom. The summed E-state index contributed by atoms with van der Waals surface area (Å²) in [4.78, 5) is 0. The molecule has 1 rings (SSSR count). The first-order valence-corrected chi connectivity index (χ1v) is 4.47. The van der Waals surface area contributed by atoms with Crippen molar-refractivity contribution in [1.29, 1.82) is 5.26 Å². The van der Waals surface area contributed by atoms with Gasteiger partial charge in [0, 0.05) is 0 Å². The maximum atomic E-state index is 8.45. The third-order valence-corrected chi connectivity index (χ3v) is 2.66. The average molecular weight is 169 g/mol. The van der Waals surface area contributed by atoms with E-state index in [0.717, 1.165) is 17.4 Å². The second kappa shape index (κ2) is 5.16. The van der Waals surface area contributed by atoms with Crippen molar-refractivity contribution < 1.29 is 4.48 Å². The van der Waals surface area contributed by atoms with Gasteiger partial charge in [0.15, 0.2) is 0 Å². The molecule has 0 N–H and O–H groups in total. The van der Waals surface area contributed by atoms with Gasteiger partial charge >= 0.3 is 0 Å². The number of quaternary nitrogens is 1. The normalized spacial score (nSPS) is 20.7. The molecule has 0 amide bonds. The van der Waals surface area contributed by atoms with Crippen LogP contribution in [0, 0.1) is 11.3 Å². The van der Waals surface area contributed by atoms with Crippen molar-refractivity contribution in [3.63, 3.8) is 0 Å². The van der Waals surface area contributed by atoms with Crippen LogP contribution in [-0.2, 0) is 0 Å². The molecule has 0 aromatic carbocycles. The van der Waals surface area contributed by atoms with Crippen LogP contribution in [-0.4, -0.2) is 31.2 Å². The van der Waals surface area contributed by atoms with Gasteiger partial charge in [-0.3, -0.25) is 0 Å². The smallest absolute Gasteiger partial charge is 0.0916 e. The number of rotatable bonds is 2. The van der Waals surface area contributed by atoms with E-state index in [0.29, 0.717) is 0 Å². The van der Waals surface area contributed by atoms with E-state index < -0.39 is 0 Å². The summed E-state index contributed by atoms with van der Waals surface area (Å²) in [5.41, 5.74) is 0. The number of hydrogen-bond donors (Lipinski definition) is 0. The fourth-order valence-electron chi connectivity index (χ4n) is 1.82. The molecule has 0 bridgehead atoms. The molecule has 0 spiro atoms. The average Bonchev–Trinajstić information content (AvgIpc) is 2.03. The molecule has 0 unspecified atom stereocenters. The molecule has 70 valence electrons. The lowest BCUT2D eigenvalue weighted by Crippen LogP contribution is -2.48. The second-order valence-corrected chi connectivity index (χ2v) is 3.76. The number of piperidine rings is 1. The van der Waals surface area contributed by atoms with E-state index in [1.54, 1.807) is 0 Å². The highest BCUT2D eigenvalue weighted by atomic mass is 15.3. The second-order valence-electron chi connectivity index (χ2n) is 3.76. The Labute approximate surface area is 76.4 Å². The topological polar surface area (TPSA) is 23.8 Å². The molecule has 12 heavy (non-hydrogen) atoms. The van der Waals surface area contributed by atoms with Crippen LogP contribution >= 0.6 is 0 Å². The summed E-state index contributed by atoms with van der Waals surface area (Å²) in [5.74, 6) is 0. The fraction of sp³-hybridized carbons (Fsp3) is 0.900. The Hall–Kier alpha value is -0.550. The van der Waals surface area contributed by atoms with Crippen LogP contribution in [0.1, 0.15) is 33.1 Å². The fourth-order valence-corrected chi connectivity index (χ4v) is 1.82. The summed E-state index contributed by atoms with van der Waals surface area (Å²) in [6.07, 6.45) is 4.81. The zero-order valence-electron chi connectivity index (χ0n) is 7.34. The SMILES string of the molecule is C.C[N+]1(CCC#N)CCCCC1. The standard InChI is InChI=1S/C9H17N2.CH4/c1-11(9-5-6-10)7-3-2-4-8-11;/h2-5,7-9H2,1H3;1H4/q+1;. The lowest BCUT2D eigenvalue weighted by atomic mass is 10.1. The molecule has 0 atom stereocenters. The predicted octanol–water partition coefficient (Wildman–Crippen LogP) is 2.17. The minimum atomic E-state index is 0. The maximum Gasteiger partial charge on any atom is 0.0916 e. The van der Waals surface area contributed by atoms with E-state index in [4.69, 9.17) is 5.26 Å². The van der Waals surface area contributed by atoms with Crippen molar-refractivity contribution in [3.05, 3.63) is 0 Å². The van der Waals surface area contributed by atoms with E-state index in [1.807, 2.05) is 0 Å². The number of nitrogens with zero attached hydrogens (tertiary/aromatic N) is 2. The Morgan fingerprint density at radius 1 is 1.25 bits per heavy atom. The van der Waals surface area contributed by atoms with E-state index in [-0.39, 0.29) is 7.43 Å². The first-order chi connectivity index (χ1) is 5.27. The van der Waals surface area contributed by atoms with Crippen molar-refractivity contribution in [2.24, 2.45) is 0 Å². The molecule has 0 aliphatic carbocycles. The minimum Gasteiger partial charge on any atom is -0.325 e. The summed E-state index contributed by atoms with van der Waals surface area (Å²) >= 11 is 0. The monoisotopic (exact) mass is 169 g/mol. The molecule has 0 aromatic heterocycles. The third kappa shape index (κ3) is 3.23. The van der Waals surface area contributed by atoms with Crippen molar-refractivity contribution in [2.75, 3.05) is 26.7 Å². The number of hydrogen-bond acceptors (Lipinski definition) is 1. The molecule has 0 aromatic rings. The molecule has 0 saturated carbocycles. The van der Waals surface area contributed by atoms with E-state index in [2.05, 4.69) is 13.1 Å². The van der Waals surface area contributed by atoms with Crippen LogP contribution in [0.2, 0.25) is 0 Å². The minimum absolute atomic E-state index is 0. The van der Waals surface area contributed by atoms with Crippen molar-refractivity contribution in [2.45, 2.75) is 33.1 Å². The summed E-state index contributed by atoms with van der Waals surface area (Å²) < 4.78 is 1.13. The van der Waals surface area contributed by atoms with Crippen LogP contribution in [0.5, 0.6) is 0 Å². The van der Waals surface area contributed by atoms with E-state index in [1.165, 1.54) is 32.4 Å². The van der Waals surface area contributed by atoms with Crippen LogP contribution < -0.4 is 0 Å². The molecule has 2 heteroatoms. The van der Waals surface area contributed by atoms with Gasteiger partial charge < -0.3 is 4.48 Å². The summed E-state index contributed by atoms with van der Waals surface area (Å²) in [6.45, 7) is 3.61. The first kappa shape index (κ1) is 11.4. The zero-order chi connectivity index (χ0) is 8.16. The quantitative estimate of drug-likeness (QED) is 0.581. The van der Waals surface area contributed by atoms with Gasteiger partial charge in [0.05, 0.1) is 39.2 Å². The number of nitriles is 1. The van der Waals surface area contributed by atoms with Gasteiger partial charge in [0.2, 0.25) is 0 Å². The summed E-state index contributed by atoms with van der Waals surface area (Å²) in [7, 11) is 2.27. The maximum absolute atomic E-state index is 8.45. The Morgan fingerprint density at radius 3 is 2.33 bits per heavy atom. The molecule has 1 aliphatic heterocycles. The van der Waals surface area contributed by atoms with Gasteiger partial charge in [0.25, 0.3) is 0 Å². The van der Waals surface area contributed by atoms with Crippen LogP contribution in [0.15, 0.2) is 0 Å². The largest absolute Gasteiger partial charge is 0.325 e. The van der Waals surface area contributed by atoms with Crippen molar-refractivity contribution >= 4 is 0 Å². The molecule has 1 saturated heterocycles. The molecule has 1 heterocycles. The molecular formula is C10H21N2+. The van der Waals surface area contributed by atoms with Gasteiger partial charge in [-0.1, -0.05) is 7.43 Å². The zero-order valence-corrected chi connectivity index (χ0v) is 7.34. The molecule has 2 nitrogen and oxygen atoms in total. The first-order valence-electron chi connectivity index (χ1n) is 4.47. The highest BCUT2D eigenvalue weighted by Crippen LogP contribution is 2.15. The summed E-state index contributed by atoms with van der Waals surface area (Å²) in [5, 5.41) is 8.45. The van der Waals surface area contributed by atoms with Crippen LogP contribution in [0.3, 0.4) is 0 Å². The van der Waals surface area contributed by atoms with Crippen LogP contribution in [0.4, 0.5) is 0 Å². The van der Waals surface area contributed by atoms with Gasteiger partial charge in [0.1, 0.15) is 0 Å². The Bertz CT molecular complexity index is 152. The van der Waals surface area contributed by atoms with Gasteiger partial charge in [-0.15, -0.1) is 0 Å². The predicted molar refractivity (Wildman–Crippen MR) is 51.6 cm³/mol. The highest BCUT2D eigenvalue weighted by Gasteiger charge is 2.23. The van der Waals surface area contributed by atoms with Gasteiger partial charge in [-0.25, -0.2) is 0 Å². The van der Waals surface area contributed by atoms with E-state index in [9.17, 15) is 0 Å². The number of likely N-dealkylation sites (tertiary alicyclic amines) is 1. The Balaban J connectivity index is 0.00000121. The van der Waals surface area contributed by atoms with Gasteiger partial charge in [-0.2, -0.15) is 5.26 Å². The lowest BCUT2D eigenvalue weighted by molar-refractivity contribution is -0.913. The molecule has 1 fully saturated rings. The van der Waals surface area contributed by atoms with Crippen molar-refractivity contribution in [1.82, 2.24) is 0 Å². The highest BCUT2D eigenvalue weighted by molar-refractivity contribution is 4.68. The molecule has 0 radical (unpaired) electrons. The summed E-state index contributed by atoms with van der Waals surface area (Å²) in [6, 6.07) is 2.22. The Kier molecular flexibility index (Phi) is 4.92. The molecule has 1 aliphatic rings. The van der Waals surface area contributed by atoms with Gasteiger partial charge in [-0.05, 0) is 19.3 Å². The molecular weight excluding hydrogens is 148 g/mol. The third-order valence-electron chi connectivity index (χ3n) is 2.66. The van der Waals surface area contributed by atoms with Crippen molar-refractivity contribution in [3.8, 4) is 6.07 Å².